The van der Waals surface area contributed by atoms with Crippen molar-refractivity contribution in [1.29, 1.82) is 0 Å². The lowest BCUT2D eigenvalue weighted by molar-refractivity contribution is -0.385. The van der Waals surface area contributed by atoms with E-state index in [4.69, 9.17) is 0 Å². The van der Waals surface area contributed by atoms with Gasteiger partial charge in [-0.2, -0.15) is 0 Å². The number of nitrogens with zero attached hydrogens (tertiary/aromatic N) is 3. The zero-order chi connectivity index (χ0) is 19.3. The number of anilines is 1. The van der Waals surface area contributed by atoms with Crippen LogP contribution in [0.1, 0.15) is 33.2 Å². The minimum absolute atomic E-state index is 0.0457. The fourth-order valence-electron chi connectivity index (χ4n) is 3.69. The van der Waals surface area contributed by atoms with Crippen LogP contribution < -0.4 is 4.90 Å². The molecular formula is C19H15N3O5. The van der Waals surface area contributed by atoms with Gasteiger partial charge in [0.15, 0.2) is 0 Å². The van der Waals surface area contributed by atoms with E-state index in [9.17, 15) is 24.5 Å². The summed E-state index contributed by atoms with van der Waals surface area (Å²) in [5.41, 5.74) is 1.05. The van der Waals surface area contributed by atoms with Gasteiger partial charge in [0.1, 0.15) is 11.6 Å². The van der Waals surface area contributed by atoms with Gasteiger partial charge in [-0.3, -0.25) is 29.4 Å². The summed E-state index contributed by atoms with van der Waals surface area (Å²) in [6.45, 7) is 1.93. The second-order valence-electron chi connectivity index (χ2n) is 6.48. The van der Waals surface area contributed by atoms with Crippen molar-refractivity contribution in [3.05, 3.63) is 69.3 Å². The molecule has 8 nitrogen and oxygen atoms in total. The molecule has 136 valence electrons. The summed E-state index contributed by atoms with van der Waals surface area (Å²) < 4.78 is 0. The van der Waals surface area contributed by atoms with Gasteiger partial charge < -0.3 is 4.90 Å². The molecule has 0 aliphatic carbocycles. The maximum absolute atomic E-state index is 13.0. The molecule has 0 spiro atoms. The van der Waals surface area contributed by atoms with Crippen molar-refractivity contribution in [2.75, 3.05) is 11.4 Å². The topological polar surface area (TPSA) is 101 Å². The largest absolute Gasteiger partial charge is 0.310 e. The number of para-hydroxylation sites is 1. The summed E-state index contributed by atoms with van der Waals surface area (Å²) in [4.78, 5) is 51.4. The van der Waals surface area contributed by atoms with E-state index in [0.29, 0.717) is 13.0 Å². The third-order valence-electron chi connectivity index (χ3n) is 5.02. The van der Waals surface area contributed by atoms with Gasteiger partial charge in [-0.1, -0.05) is 24.3 Å². The van der Waals surface area contributed by atoms with E-state index < -0.39 is 34.4 Å². The fraction of sp³-hybridized carbons (Fsp3) is 0.211. The highest BCUT2D eigenvalue weighted by Gasteiger charge is 2.46. The Labute approximate surface area is 154 Å². The van der Waals surface area contributed by atoms with Crippen LogP contribution in [0.15, 0.2) is 42.5 Å². The Morgan fingerprint density at radius 1 is 1.11 bits per heavy atom. The lowest BCUT2D eigenvalue weighted by atomic mass is 10.1. The van der Waals surface area contributed by atoms with E-state index in [1.165, 1.54) is 25.1 Å². The number of carbonyl (C=O) groups excluding carboxylic acids is 3. The van der Waals surface area contributed by atoms with E-state index in [1.54, 1.807) is 4.90 Å². The number of fused-ring (bicyclic) bond motifs is 2. The third kappa shape index (κ3) is 2.41. The van der Waals surface area contributed by atoms with Crippen LogP contribution in [-0.2, 0) is 11.2 Å². The number of imide groups is 1. The highest BCUT2D eigenvalue weighted by atomic mass is 16.6. The minimum atomic E-state index is -1.07. The molecular weight excluding hydrogens is 350 g/mol. The number of nitro benzene ring substituents is 1. The molecule has 2 aromatic rings. The molecule has 0 saturated heterocycles. The quantitative estimate of drug-likeness (QED) is 0.471. The molecule has 0 bridgehead atoms. The van der Waals surface area contributed by atoms with E-state index in [-0.39, 0.29) is 11.1 Å². The fourth-order valence-corrected chi connectivity index (χ4v) is 3.69. The zero-order valence-electron chi connectivity index (χ0n) is 14.4. The van der Waals surface area contributed by atoms with Gasteiger partial charge in [-0.15, -0.1) is 0 Å². The number of nitro groups is 1. The van der Waals surface area contributed by atoms with Gasteiger partial charge in [0, 0.05) is 18.3 Å². The van der Waals surface area contributed by atoms with Gasteiger partial charge >= 0.3 is 0 Å². The summed E-state index contributed by atoms with van der Waals surface area (Å²) in [7, 11) is 0. The average Bonchev–Trinajstić information content (AvgIpc) is 3.20. The normalized spacial score (nSPS) is 16.3. The monoisotopic (exact) mass is 365 g/mol. The van der Waals surface area contributed by atoms with Gasteiger partial charge in [0.05, 0.1) is 10.5 Å². The molecule has 0 radical (unpaired) electrons. The van der Waals surface area contributed by atoms with Gasteiger partial charge in [-0.25, -0.2) is 0 Å². The molecule has 27 heavy (non-hydrogen) atoms. The summed E-state index contributed by atoms with van der Waals surface area (Å²) in [5.74, 6) is -1.89. The van der Waals surface area contributed by atoms with Crippen LogP contribution in [-0.4, -0.2) is 40.1 Å². The number of amides is 3. The van der Waals surface area contributed by atoms with Crippen LogP contribution >= 0.6 is 0 Å². The molecule has 2 aliphatic rings. The Hall–Kier alpha value is -3.55. The Morgan fingerprint density at radius 3 is 2.59 bits per heavy atom. The van der Waals surface area contributed by atoms with Crippen LogP contribution in [0.25, 0.3) is 0 Å². The molecule has 4 rings (SSSR count). The lowest BCUT2D eigenvalue weighted by Crippen LogP contribution is -2.49. The summed E-state index contributed by atoms with van der Waals surface area (Å²) in [6.07, 6.45) is 0.697. The summed E-state index contributed by atoms with van der Waals surface area (Å²) in [5, 5.41) is 11.2. The molecule has 0 N–H and O–H groups in total. The van der Waals surface area contributed by atoms with E-state index in [2.05, 4.69) is 0 Å². The molecule has 1 atom stereocenters. The lowest BCUT2D eigenvalue weighted by Gasteiger charge is -2.26. The highest BCUT2D eigenvalue weighted by Crippen LogP contribution is 2.33. The van der Waals surface area contributed by atoms with Crippen molar-refractivity contribution >= 4 is 29.1 Å². The first kappa shape index (κ1) is 16.9. The van der Waals surface area contributed by atoms with E-state index in [0.717, 1.165) is 16.2 Å². The number of hydrogen-bond acceptors (Lipinski definition) is 5. The van der Waals surface area contributed by atoms with Crippen LogP contribution in [0, 0.1) is 10.1 Å². The van der Waals surface area contributed by atoms with Crippen molar-refractivity contribution < 1.29 is 19.3 Å². The number of rotatable bonds is 3. The summed E-state index contributed by atoms with van der Waals surface area (Å²) in [6, 6.07) is 10.3. The SMILES string of the molecule is CC(C(=O)N1CCc2ccccc21)N1C(=O)c2cccc([N+](=O)[O-])c2C1=O. The third-order valence-corrected chi connectivity index (χ3v) is 5.02. The van der Waals surface area contributed by atoms with Crippen molar-refractivity contribution in [3.8, 4) is 0 Å². The van der Waals surface area contributed by atoms with Crippen LogP contribution in [0.5, 0.6) is 0 Å². The smallest absolute Gasteiger partial charge is 0.282 e. The standard InChI is InChI=1S/C19H15N3O5/c1-11(17(23)20-10-9-12-5-2-3-7-14(12)20)21-18(24)13-6-4-8-15(22(26)27)16(13)19(21)25/h2-8,11H,9-10H2,1H3. The molecule has 1 unspecified atom stereocenters. The summed E-state index contributed by atoms with van der Waals surface area (Å²) >= 11 is 0. The first-order valence-corrected chi connectivity index (χ1v) is 8.46. The minimum Gasteiger partial charge on any atom is -0.310 e. The maximum Gasteiger partial charge on any atom is 0.282 e. The van der Waals surface area contributed by atoms with Crippen molar-refractivity contribution in [1.82, 2.24) is 4.90 Å². The molecule has 2 heterocycles. The van der Waals surface area contributed by atoms with Crippen LogP contribution in [0.4, 0.5) is 11.4 Å². The van der Waals surface area contributed by atoms with Gasteiger partial charge in [-0.05, 0) is 31.0 Å². The predicted molar refractivity (Wildman–Crippen MR) is 95.6 cm³/mol. The molecule has 2 aromatic carbocycles. The molecule has 8 heteroatoms. The first-order chi connectivity index (χ1) is 12.9. The van der Waals surface area contributed by atoms with Crippen LogP contribution in [0.3, 0.4) is 0 Å². The highest BCUT2D eigenvalue weighted by molar-refractivity contribution is 6.25. The molecule has 2 aliphatic heterocycles. The Kier molecular flexibility index (Phi) is 3.76. The Bertz CT molecular complexity index is 1020. The molecule has 3 amide bonds. The van der Waals surface area contributed by atoms with Crippen molar-refractivity contribution in [2.45, 2.75) is 19.4 Å². The Morgan fingerprint density at radius 2 is 1.85 bits per heavy atom. The predicted octanol–water partition coefficient (Wildman–Crippen LogP) is 2.17. The van der Waals surface area contributed by atoms with Crippen molar-refractivity contribution in [3.63, 3.8) is 0 Å². The van der Waals surface area contributed by atoms with Gasteiger partial charge in [0.25, 0.3) is 17.5 Å². The maximum atomic E-state index is 13.0. The zero-order valence-corrected chi connectivity index (χ0v) is 14.4. The molecule has 0 aromatic heterocycles. The number of benzene rings is 2. The van der Waals surface area contributed by atoms with Gasteiger partial charge in [0.2, 0.25) is 5.91 Å². The molecule has 0 saturated carbocycles. The average molecular weight is 365 g/mol. The first-order valence-electron chi connectivity index (χ1n) is 8.46. The Balaban J connectivity index is 1.67. The number of carbonyl (C=O) groups is 3. The second kappa shape index (κ2) is 6.01. The van der Waals surface area contributed by atoms with E-state index in [1.807, 2.05) is 24.3 Å². The van der Waals surface area contributed by atoms with Crippen molar-refractivity contribution in [2.24, 2.45) is 0 Å². The second-order valence-corrected chi connectivity index (χ2v) is 6.48. The number of hydrogen-bond donors (Lipinski definition) is 0. The van der Waals surface area contributed by atoms with E-state index >= 15 is 0 Å². The molecule has 0 fully saturated rings. The van der Waals surface area contributed by atoms with Crippen LogP contribution in [0.2, 0.25) is 0 Å².